The SMILES string of the molecule is c1ccc(C2(c3ccc(N(c4ccc5ccccc5c4)c4ccc5oc6ccccc6c5c4)cc3)CCCCCCC2)cc1. The third-order valence-corrected chi connectivity index (χ3v) is 9.82. The van der Waals surface area contributed by atoms with Gasteiger partial charge in [0.05, 0.1) is 0 Å². The second-order valence-corrected chi connectivity index (χ2v) is 12.4. The second kappa shape index (κ2) is 11.4. The number of para-hydroxylation sites is 1. The molecule has 0 spiro atoms. The molecule has 0 saturated heterocycles. The van der Waals surface area contributed by atoms with Gasteiger partial charge in [-0.25, -0.2) is 0 Å². The van der Waals surface area contributed by atoms with E-state index < -0.39 is 0 Å². The van der Waals surface area contributed by atoms with Gasteiger partial charge in [0.15, 0.2) is 0 Å². The highest BCUT2D eigenvalue weighted by atomic mass is 16.3. The highest BCUT2D eigenvalue weighted by Crippen LogP contribution is 2.45. The number of nitrogens with zero attached hydrogens (tertiary/aromatic N) is 1. The summed E-state index contributed by atoms with van der Waals surface area (Å²) in [7, 11) is 0. The number of hydrogen-bond acceptors (Lipinski definition) is 2. The fourth-order valence-electron chi connectivity index (χ4n) is 7.56. The molecule has 1 saturated carbocycles. The zero-order valence-corrected chi connectivity index (χ0v) is 25.1. The molecule has 0 aliphatic heterocycles. The molecule has 0 unspecified atom stereocenters. The van der Waals surface area contributed by atoms with E-state index in [2.05, 4.69) is 132 Å². The van der Waals surface area contributed by atoms with E-state index in [0.29, 0.717) is 0 Å². The van der Waals surface area contributed by atoms with Gasteiger partial charge in [-0.2, -0.15) is 0 Å². The van der Waals surface area contributed by atoms with Crippen LogP contribution in [0.1, 0.15) is 56.1 Å². The topological polar surface area (TPSA) is 16.4 Å². The van der Waals surface area contributed by atoms with Crippen molar-refractivity contribution in [3.8, 4) is 0 Å². The normalized spacial score (nSPS) is 15.3. The van der Waals surface area contributed by atoms with Crippen LogP contribution in [0.5, 0.6) is 0 Å². The summed E-state index contributed by atoms with van der Waals surface area (Å²) in [4.78, 5) is 2.39. The lowest BCUT2D eigenvalue weighted by Crippen LogP contribution is -2.29. The molecule has 0 bridgehead atoms. The molecule has 1 fully saturated rings. The van der Waals surface area contributed by atoms with E-state index in [1.807, 2.05) is 12.1 Å². The minimum Gasteiger partial charge on any atom is -0.456 e. The molecule has 6 aromatic carbocycles. The van der Waals surface area contributed by atoms with E-state index in [1.165, 1.54) is 66.8 Å². The Balaban J connectivity index is 1.27. The molecule has 8 rings (SSSR count). The standard InChI is InChI=1S/C42H37NO/c1-2-11-27-42(28-12-3-1,33-15-5-4-6-16-33)34-20-23-35(24-21-34)43(36-22-19-31-13-7-8-14-32(31)29-36)37-25-26-41-39(30-37)38-17-9-10-18-40(38)44-41/h4-10,13-26,29-30H,1-3,11-12,27-28H2. The number of anilines is 3. The first kappa shape index (κ1) is 26.8. The first-order chi connectivity index (χ1) is 21.8. The van der Waals surface area contributed by atoms with Crippen molar-refractivity contribution in [3.05, 3.63) is 151 Å². The molecule has 2 nitrogen and oxygen atoms in total. The number of rotatable bonds is 5. The van der Waals surface area contributed by atoms with Crippen molar-refractivity contribution >= 4 is 49.8 Å². The predicted octanol–water partition coefficient (Wildman–Crippen LogP) is 12.2. The molecule has 1 heterocycles. The molecule has 2 heteroatoms. The van der Waals surface area contributed by atoms with Crippen molar-refractivity contribution in [1.29, 1.82) is 0 Å². The fraction of sp³-hybridized carbons (Fsp3) is 0.190. The van der Waals surface area contributed by atoms with Crippen molar-refractivity contribution in [3.63, 3.8) is 0 Å². The molecule has 0 radical (unpaired) electrons. The van der Waals surface area contributed by atoms with Crippen molar-refractivity contribution in [1.82, 2.24) is 0 Å². The van der Waals surface area contributed by atoms with Gasteiger partial charge in [0, 0.05) is 33.2 Å². The van der Waals surface area contributed by atoms with E-state index in [1.54, 1.807) is 0 Å². The Morgan fingerprint density at radius 1 is 0.432 bits per heavy atom. The van der Waals surface area contributed by atoms with Crippen LogP contribution in [0.15, 0.2) is 144 Å². The first-order valence-corrected chi connectivity index (χ1v) is 16.1. The zero-order chi connectivity index (χ0) is 29.3. The van der Waals surface area contributed by atoms with Crippen LogP contribution >= 0.6 is 0 Å². The van der Waals surface area contributed by atoms with Gasteiger partial charge >= 0.3 is 0 Å². The summed E-state index contributed by atoms with van der Waals surface area (Å²) in [5, 5.41) is 4.77. The van der Waals surface area contributed by atoms with E-state index in [0.717, 1.165) is 39.0 Å². The summed E-state index contributed by atoms with van der Waals surface area (Å²) in [5.41, 5.74) is 8.21. The van der Waals surface area contributed by atoms with Crippen LogP contribution in [0.4, 0.5) is 17.1 Å². The quantitative estimate of drug-likeness (QED) is 0.204. The minimum absolute atomic E-state index is 0.0581. The summed E-state index contributed by atoms with van der Waals surface area (Å²) in [6, 6.07) is 51.0. The maximum Gasteiger partial charge on any atom is 0.135 e. The number of fused-ring (bicyclic) bond motifs is 4. The van der Waals surface area contributed by atoms with Crippen molar-refractivity contribution in [2.45, 2.75) is 50.4 Å². The summed E-state index contributed by atoms with van der Waals surface area (Å²) in [6.07, 6.45) is 8.98. The van der Waals surface area contributed by atoms with Gasteiger partial charge in [-0.05, 0) is 83.3 Å². The molecule has 0 atom stereocenters. The van der Waals surface area contributed by atoms with Gasteiger partial charge in [-0.3, -0.25) is 0 Å². The van der Waals surface area contributed by atoms with Gasteiger partial charge in [-0.15, -0.1) is 0 Å². The van der Waals surface area contributed by atoms with Crippen LogP contribution in [0.3, 0.4) is 0 Å². The maximum absolute atomic E-state index is 6.19. The van der Waals surface area contributed by atoms with E-state index in [-0.39, 0.29) is 5.41 Å². The number of hydrogen-bond donors (Lipinski definition) is 0. The monoisotopic (exact) mass is 571 g/mol. The zero-order valence-electron chi connectivity index (χ0n) is 25.1. The van der Waals surface area contributed by atoms with E-state index in [4.69, 9.17) is 4.42 Å². The van der Waals surface area contributed by atoms with Gasteiger partial charge in [0.2, 0.25) is 0 Å². The Bertz CT molecular complexity index is 2050. The first-order valence-electron chi connectivity index (χ1n) is 16.1. The highest BCUT2D eigenvalue weighted by molar-refractivity contribution is 6.06. The van der Waals surface area contributed by atoms with Crippen LogP contribution in [0, 0.1) is 0 Å². The average molecular weight is 572 g/mol. The van der Waals surface area contributed by atoms with Crippen LogP contribution in [0.2, 0.25) is 0 Å². The van der Waals surface area contributed by atoms with Gasteiger partial charge in [0.25, 0.3) is 0 Å². The lowest BCUT2D eigenvalue weighted by Gasteiger charge is -2.37. The Hall–Kier alpha value is -4.82. The fourth-order valence-corrected chi connectivity index (χ4v) is 7.56. The molecular formula is C42H37NO. The van der Waals surface area contributed by atoms with Crippen molar-refractivity contribution in [2.24, 2.45) is 0 Å². The van der Waals surface area contributed by atoms with Crippen LogP contribution < -0.4 is 4.90 Å². The lowest BCUT2D eigenvalue weighted by molar-refractivity contribution is 0.366. The Morgan fingerprint density at radius 2 is 1.02 bits per heavy atom. The van der Waals surface area contributed by atoms with Crippen LogP contribution in [-0.2, 0) is 5.41 Å². The van der Waals surface area contributed by atoms with E-state index in [9.17, 15) is 0 Å². The Morgan fingerprint density at radius 3 is 1.84 bits per heavy atom. The molecule has 7 aromatic rings. The average Bonchev–Trinajstić information content (AvgIpc) is 3.44. The summed E-state index contributed by atoms with van der Waals surface area (Å²) in [6.45, 7) is 0. The van der Waals surface area contributed by atoms with Crippen molar-refractivity contribution < 1.29 is 4.42 Å². The van der Waals surface area contributed by atoms with Gasteiger partial charge < -0.3 is 9.32 Å². The largest absolute Gasteiger partial charge is 0.456 e. The smallest absolute Gasteiger partial charge is 0.135 e. The Labute approximate surface area is 259 Å². The summed E-state index contributed by atoms with van der Waals surface area (Å²) in [5.74, 6) is 0. The number of benzene rings is 6. The van der Waals surface area contributed by atoms with Crippen LogP contribution in [-0.4, -0.2) is 0 Å². The highest BCUT2D eigenvalue weighted by Gasteiger charge is 2.34. The van der Waals surface area contributed by atoms with Crippen molar-refractivity contribution in [2.75, 3.05) is 4.90 Å². The summed E-state index contributed by atoms with van der Waals surface area (Å²) < 4.78 is 6.19. The molecule has 44 heavy (non-hydrogen) atoms. The number of furan rings is 1. The molecule has 0 amide bonds. The third-order valence-electron chi connectivity index (χ3n) is 9.82. The second-order valence-electron chi connectivity index (χ2n) is 12.4. The Kier molecular flexibility index (Phi) is 6.91. The molecular weight excluding hydrogens is 534 g/mol. The molecule has 1 aliphatic rings. The third kappa shape index (κ3) is 4.75. The minimum atomic E-state index is 0.0581. The molecule has 1 aromatic heterocycles. The summed E-state index contributed by atoms with van der Waals surface area (Å²) >= 11 is 0. The van der Waals surface area contributed by atoms with E-state index >= 15 is 0 Å². The van der Waals surface area contributed by atoms with Gasteiger partial charge in [0.1, 0.15) is 11.2 Å². The maximum atomic E-state index is 6.19. The lowest BCUT2D eigenvalue weighted by atomic mass is 9.67. The molecule has 1 aliphatic carbocycles. The molecule has 216 valence electrons. The molecule has 0 N–H and O–H groups in total. The van der Waals surface area contributed by atoms with Gasteiger partial charge in [-0.1, -0.05) is 123 Å². The van der Waals surface area contributed by atoms with Crippen LogP contribution in [0.25, 0.3) is 32.7 Å². The predicted molar refractivity (Wildman–Crippen MR) is 185 cm³/mol.